The summed E-state index contributed by atoms with van der Waals surface area (Å²) in [4.78, 5) is 12.5. The van der Waals surface area contributed by atoms with Gasteiger partial charge in [0.05, 0.1) is 23.1 Å². The van der Waals surface area contributed by atoms with E-state index in [1.165, 1.54) is 0 Å². The number of hydrogen-bond acceptors (Lipinski definition) is 3. The number of carbonyl (C=O) groups is 1. The van der Waals surface area contributed by atoms with Crippen molar-refractivity contribution in [2.75, 3.05) is 0 Å². The first-order valence-electron chi connectivity index (χ1n) is 7.91. The lowest BCUT2D eigenvalue weighted by atomic mass is 9.91. The Morgan fingerprint density at radius 1 is 1.35 bits per heavy atom. The molecule has 0 radical (unpaired) electrons. The molecule has 5 nitrogen and oxygen atoms in total. The molecule has 0 spiro atoms. The summed E-state index contributed by atoms with van der Waals surface area (Å²) in [7, 11) is 0. The van der Waals surface area contributed by atoms with E-state index in [1.54, 1.807) is 10.9 Å². The second kappa shape index (κ2) is 6.84. The second-order valence-electron chi connectivity index (χ2n) is 6.12. The Kier molecular flexibility index (Phi) is 4.82. The van der Waals surface area contributed by atoms with Gasteiger partial charge in [0, 0.05) is 16.6 Å². The Bertz CT molecular complexity index is 704. The fraction of sp³-hybridized carbons (Fsp3) is 0.412. The Morgan fingerprint density at radius 3 is 2.78 bits per heavy atom. The van der Waals surface area contributed by atoms with Gasteiger partial charge in [-0.25, -0.2) is 4.68 Å². The molecule has 23 heavy (non-hydrogen) atoms. The molecule has 0 atom stereocenters. The van der Waals surface area contributed by atoms with Crippen molar-refractivity contribution in [1.29, 1.82) is 0 Å². The number of nitrogens with one attached hydrogen (secondary N) is 1. The summed E-state index contributed by atoms with van der Waals surface area (Å²) in [6.45, 7) is 1.92. The molecule has 3 rings (SSSR count). The van der Waals surface area contributed by atoms with Gasteiger partial charge in [-0.15, -0.1) is 0 Å². The van der Waals surface area contributed by atoms with Crippen molar-refractivity contribution >= 4 is 21.8 Å². The minimum atomic E-state index is -0.0516. The molecule has 1 aliphatic rings. The Labute approximate surface area is 144 Å². The summed E-state index contributed by atoms with van der Waals surface area (Å²) >= 11 is 3.46. The van der Waals surface area contributed by atoms with Crippen LogP contribution in [0.5, 0.6) is 0 Å². The van der Waals surface area contributed by atoms with Gasteiger partial charge in [-0.2, -0.15) is 5.10 Å². The highest BCUT2D eigenvalue weighted by molar-refractivity contribution is 9.10. The van der Waals surface area contributed by atoms with E-state index in [0.29, 0.717) is 5.56 Å². The molecule has 1 fully saturated rings. The molecule has 1 aliphatic carbocycles. The lowest BCUT2D eigenvalue weighted by Crippen LogP contribution is -2.40. The van der Waals surface area contributed by atoms with Gasteiger partial charge in [-0.1, -0.05) is 22.0 Å². The van der Waals surface area contributed by atoms with Crippen LogP contribution >= 0.6 is 15.9 Å². The molecule has 1 heterocycles. The fourth-order valence-corrected chi connectivity index (χ4v) is 3.41. The largest absolute Gasteiger partial charge is 0.349 e. The first-order valence-corrected chi connectivity index (χ1v) is 8.71. The van der Waals surface area contributed by atoms with Crippen LogP contribution in [0.2, 0.25) is 0 Å². The maximum Gasteiger partial charge on any atom is 0.254 e. The van der Waals surface area contributed by atoms with E-state index in [4.69, 9.17) is 5.73 Å². The molecular formula is C17H21BrN4O. The van der Waals surface area contributed by atoms with Crippen LogP contribution in [0.15, 0.2) is 34.9 Å². The van der Waals surface area contributed by atoms with Gasteiger partial charge < -0.3 is 11.1 Å². The number of nitrogens with zero attached hydrogens (tertiary/aromatic N) is 2. The third-order valence-corrected chi connectivity index (χ3v) is 4.91. The minimum Gasteiger partial charge on any atom is -0.349 e. The first kappa shape index (κ1) is 16.2. The van der Waals surface area contributed by atoms with Crippen LogP contribution in [0.1, 0.15) is 41.7 Å². The fourth-order valence-electron chi connectivity index (χ4n) is 3.03. The molecular weight excluding hydrogens is 356 g/mol. The molecule has 6 heteroatoms. The number of rotatable bonds is 3. The average Bonchev–Trinajstić information content (AvgIpc) is 2.91. The molecule has 2 aromatic rings. The van der Waals surface area contributed by atoms with Crippen molar-refractivity contribution in [1.82, 2.24) is 15.1 Å². The highest BCUT2D eigenvalue weighted by Gasteiger charge is 2.22. The van der Waals surface area contributed by atoms with Crippen molar-refractivity contribution < 1.29 is 4.79 Å². The summed E-state index contributed by atoms with van der Waals surface area (Å²) in [5.41, 5.74) is 8.31. The molecule has 1 aromatic carbocycles. The standard InChI is InChI=1S/C17H21BrN4O/c1-11-16(17(23)21-14-7-5-13(19)6-8-14)10-20-22(11)15-4-2-3-12(18)9-15/h2-4,9-10,13-14H,5-8,19H2,1H3,(H,21,23). The van der Waals surface area contributed by atoms with Crippen molar-refractivity contribution in [2.24, 2.45) is 5.73 Å². The third-order valence-electron chi connectivity index (χ3n) is 4.41. The molecule has 0 bridgehead atoms. The number of hydrogen-bond donors (Lipinski definition) is 2. The number of nitrogens with two attached hydrogens (primary N) is 1. The summed E-state index contributed by atoms with van der Waals surface area (Å²) < 4.78 is 2.77. The second-order valence-corrected chi connectivity index (χ2v) is 7.04. The van der Waals surface area contributed by atoms with Crippen molar-refractivity contribution in [2.45, 2.75) is 44.7 Å². The van der Waals surface area contributed by atoms with Crippen LogP contribution in [-0.4, -0.2) is 27.8 Å². The normalized spacial score (nSPS) is 21.2. The van der Waals surface area contributed by atoms with Crippen LogP contribution in [0.25, 0.3) is 5.69 Å². The molecule has 0 saturated heterocycles. The maximum absolute atomic E-state index is 12.5. The third kappa shape index (κ3) is 3.64. The smallest absolute Gasteiger partial charge is 0.254 e. The first-order chi connectivity index (χ1) is 11.0. The highest BCUT2D eigenvalue weighted by atomic mass is 79.9. The number of aromatic nitrogens is 2. The zero-order valence-electron chi connectivity index (χ0n) is 13.1. The molecule has 0 unspecified atom stereocenters. The monoisotopic (exact) mass is 376 g/mol. The van der Waals surface area contributed by atoms with Gasteiger partial charge in [0.15, 0.2) is 0 Å². The lowest BCUT2D eigenvalue weighted by Gasteiger charge is -2.26. The molecule has 1 saturated carbocycles. The van der Waals surface area contributed by atoms with Gasteiger partial charge >= 0.3 is 0 Å². The quantitative estimate of drug-likeness (QED) is 0.864. The Balaban J connectivity index is 1.75. The van der Waals surface area contributed by atoms with Gasteiger partial charge in [0.1, 0.15) is 0 Å². The van der Waals surface area contributed by atoms with E-state index < -0.39 is 0 Å². The molecule has 1 aromatic heterocycles. The zero-order chi connectivity index (χ0) is 16.4. The van der Waals surface area contributed by atoms with Crippen LogP contribution in [0.4, 0.5) is 0 Å². The summed E-state index contributed by atoms with van der Waals surface area (Å²) in [6.07, 6.45) is 5.49. The van der Waals surface area contributed by atoms with E-state index in [9.17, 15) is 4.79 Å². The van der Waals surface area contributed by atoms with Crippen LogP contribution in [-0.2, 0) is 0 Å². The highest BCUT2D eigenvalue weighted by Crippen LogP contribution is 2.20. The minimum absolute atomic E-state index is 0.0516. The predicted molar refractivity (Wildman–Crippen MR) is 93.7 cm³/mol. The topological polar surface area (TPSA) is 72.9 Å². The van der Waals surface area contributed by atoms with Crippen LogP contribution in [0.3, 0.4) is 0 Å². The maximum atomic E-state index is 12.5. The Morgan fingerprint density at radius 2 is 2.09 bits per heavy atom. The van der Waals surface area contributed by atoms with E-state index in [2.05, 4.69) is 26.3 Å². The van der Waals surface area contributed by atoms with Gasteiger partial charge in [-0.05, 0) is 50.8 Å². The van der Waals surface area contributed by atoms with Crippen LogP contribution < -0.4 is 11.1 Å². The zero-order valence-corrected chi connectivity index (χ0v) is 14.7. The van der Waals surface area contributed by atoms with Crippen molar-refractivity contribution in [3.8, 4) is 5.69 Å². The van der Waals surface area contributed by atoms with E-state index >= 15 is 0 Å². The van der Waals surface area contributed by atoms with E-state index in [0.717, 1.165) is 41.5 Å². The predicted octanol–water partition coefficient (Wildman–Crippen LogP) is 2.94. The number of carbonyl (C=O) groups excluding carboxylic acids is 1. The lowest BCUT2D eigenvalue weighted by molar-refractivity contribution is 0.0925. The summed E-state index contributed by atoms with van der Waals surface area (Å²) in [6, 6.07) is 8.36. The summed E-state index contributed by atoms with van der Waals surface area (Å²) in [5, 5.41) is 7.48. The van der Waals surface area contributed by atoms with Crippen molar-refractivity contribution in [3.63, 3.8) is 0 Å². The number of halogens is 1. The average molecular weight is 377 g/mol. The Hall–Kier alpha value is -1.66. The van der Waals surface area contributed by atoms with Gasteiger partial charge in [-0.3, -0.25) is 4.79 Å². The summed E-state index contributed by atoms with van der Waals surface area (Å²) in [5.74, 6) is -0.0516. The van der Waals surface area contributed by atoms with E-state index in [-0.39, 0.29) is 18.0 Å². The number of benzene rings is 1. The van der Waals surface area contributed by atoms with Crippen LogP contribution in [0, 0.1) is 6.92 Å². The van der Waals surface area contributed by atoms with Crippen molar-refractivity contribution in [3.05, 3.63) is 46.2 Å². The SMILES string of the molecule is Cc1c(C(=O)NC2CCC(N)CC2)cnn1-c1cccc(Br)c1. The van der Waals surface area contributed by atoms with Gasteiger partial charge in [0.2, 0.25) is 0 Å². The number of amides is 1. The van der Waals surface area contributed by atoms with E-state index in [1.807, 2.05) is 31.2 Å². The molecule has 0 aliphatic heterocycles. The van der Waals surface area contributed by atoms with Gasteiger partial charge in [0.25, 0.3) is 5.91 Å². The molecule has 122 valence electrons. The molecule has 1 amide bonds. The molecule has 3 N–H and O–H groups in total.